The van der Waals surface area contributed by atoms with Crippen LogP contribution in [0.1, 0.15) is 15.9 Å². The first-order valence-electron chi connectivity index (χ1n) is 7.23. The maximum Gasteiger partial charge on any atom is 0.300 e. The number of nitro groups is 1. The fraction of sp³-hybridized carbons (Fsp3) is 0.0556. The maximum absolute atomic E-state index is 12.8. The lowest BCUT2D eigenvalue weighted by molar-refractivity contribution is -0.384. The fourth-order valence-corrected chi connectivity index (χ4v) is 2.94. The Balaban J connectivity index is 1.84. The monoisotopic (exact) mass is 321 g/mol. The number of carbonyl (C=O) groups is 1. The van der Waals surface area contributed by atoms with Crippen molar-refractivity contribution >= 4 is 22.2 Å². The Hall–Kier alpha value is -3.25. The van der Waals surface area contributed by atoms with Crippen LogP contribution in [0, 0.1) is 10.1 Å². The van der Waals surface area contributed by atoms with E-state index in [2.05, 4.69) is 0 Å². The summed E-state index contributed by atoms with van der Waals surface area (Å²) >= 11 is 0. The van der Waals surface area contributed by atoms with E-state index < -0.39 is 16.5 Å². The van der Waals surface area contributed by atoms with E-state index in [1.54, 1.807) is 18.2 Å². The molecule has 0 aliphatic carbocycles. The molecule has 0 saturated heterocycles. The minimum absolute atomic E-state index is 0.129. The van der Waals surface area contributed by atoms with E-state index in [1.807, 2.05) is 18.2 Å². The third kappa shape index (κ3) is 1.90. The van der Waals surface area contributed by atoms with Crippen molar-refractivity contribution in [3.05, 3.63) is 81.9 Å². The summed E-state index contributed by atoms with van der Waals surface area (Å²) in [6, 6.07) is 15.9. The summed E-state index contributed by atoms with van der Waals surface area (Å²) in [4.78, 5) is 23.0. The Morgan fingerprint density at radius 1 is 1.00 bits per heavy atom. The molecule has 0 spiro atoms. The molecule has 4 rings (SSSR count). The van der Waals surface area contributed by atoms with Crippen LogP contribution in [0.5, 0.6) is 5.75 Å². The highest BCUT2D eigenvalue weighted by atomic mass is 16.6. The quantitative estimate of drug-likeness (QED) is 0.578. The second-order valence-corrected chi connectivity index (χ2v) is 5.54. The van der Waals surface area contributed by atoms with Crippen LogP contribution in [0.15, 0.2) is 60.7 Å². The number of ketones is 1. The zero-order valence-electron chi connectivity index (χ0n) is 12.3. The van der Waals surface area contributed by atoms with Crippen molar-refractivity contribution in [3.63, 3.8) is 0 Å². The summed E-state index contributed by atoms with van der Waals surface area (Å²) in [5.41, 5.74) is 0.336. The molecule has 1 unspecified atom stereocenters. The van der Waals surface area contributed by atoms with Gasteiger partial charge in [-0.05, 0) is 29.0 Å². The lowest BCUT2D eigenvalue weighted by Gasteiger charge is -2.20. The standard InChI is InChI=1S/C18H11NO5/c20-17-16-14-4-2-1-3-11(14)5-10-15(16)24-18(17,21)12-6-8-13(9-7-12)19(22)23/h1-10,21H. The van der Waals surface area contributed by atoms with E-state index >= 15 is 0 Å². The predicted octanol–water partition coefficient (Wildman–Crippen LogP) is 3.17. The minimum atomic E-state index is -2.18. The molecule has 1 N–H and O–H groups in total. The SMILES string of the molecule is O=C1c2c(ccc3ccccc23)OC1(O)c1ccc([N+](=O)[O-])cc1. The molecular weight excluding hydrogens is 310 g/mol. The van der Waals surface area contributed by atoms with Crippen LogP contribution >= 0.6 is 0 Å². The van der Waals surface area contributed by atoms with E-state index in [0.717, 1.165) is 5.39 Å². The van der Waals surface area contributed by atoms with Gasteiger partial charge in [-0.15, -0.1) is 0 Å². The number of nitrogens with zero attached hydrogens (tertiary/aromatic N) is 1. The zero-order valence-corrected chi connectivity index (χ0v) is 12.3. The van der Waals surface area contributed by atoms with Crippen LogP contribution in [-0.2, 0) is 5.79 Å². The van der Waals surface area contributed by atoms with Gasteiger partial charge in [-0.25, -0.2) is 0 Å². The minimum Gasteiger partial charge on any atom is -0.450 e. The summed E-state index contributed by atoms with van der Waals surface area (Å²) in [6.07, 6.45) is 0. The van der Waals surface area contributed by atoms with Crippen LogP contribution in [-0.4, -0.2) is 15.8 Å². The molecule has 0 radical (unpaired) electrons. The molecule has 6 heteroatoms. The number of hydrogen-bond donors (Lipinski definition) is 1. The molecular formula is C18H11NO5. The average Bonchev–Trinajstić information content (AvgIpc) is 2.87. The van der Waals surface area contributed by atoms with Crippen LogP contribution < -0.4 is 4.74 Å². The molecule has 0 saturated carbocycles. The second-order valence-electron chi connectivity index (χ2n) is 5.54. The Kier molecular flexibility index (Phi) is 2.91. The van der Waals surface area contributed by atoms with Crippen molar-refractivity contribution in [2.24, 2.45) is 0 Å². The van der Waals surface area contributed by atoms with Gasteiger partial charge in [-0.3, -0.25) is 14.9 Å². The molecule has 0 aromatic heterocycles. The van der Waals surface area contributed by atoms with Gasteiger partial charge < -0.3 is 9.84 Å². The molecule has 1 aliphatic rings. The topological polar surface area (TPSA) is 89.7 Å². The van der Waals surface area contributed by atoms with Crippen LogP contribution in [0.3, 0.4) is 0 Å². The molecule has 0 amide bonds. The average molecular weight is 321 g/mol. The highest BCUT2D eigenvalue weighted by Gasteiger charge is 2.49. The Morgan fingerprint density at radius 3 is 2.42 bits per heavy atom. The summed E-state index contributed by atoms with van der Waals surface area (Å²) in [5, 5.41) is 23.1. The number of ether oxygens (including phenoxy) is 1. The van der Waals surface area contributed by atoms with Gasteiger partial charge in [0.1, 0.15) is 5.75 Å². The van der Waals surface area contributed by atoms with Crippen molar-refractivity contribution in [1.82, 2.24) is 0 Å². The fourth-order valence-electron chi connectivity index (χ4n) is 2.94. The number of Topliss-reactive ketones (excluding diaryl/α,β-unsaturated/α-hetero) is 1. The van der Waals surface area contributed by atoms with Crippen molar-refractivity contribution in [2.45, 2.75) is 5.79 Å². The first kappa shape index (κ1) is 14.3. The molecule has 3 aromatic rings. The van der Waals surface area contributed by atoms with E-state index in [9.17, 15) is 20.0 Å². The predicted molar refractivity (Wildman–Crippen MR) is 85.9 cm³/mol. The summed E-state index contributed by atoms with van der Waals surface area (Å²) in [6.45, 7) is 0. The van der Waals surface area contributed by atoms with Crippen molar-refractivity contribution in [3.8, 4) is 5.75 Å². The van der Waals surface area contributed by atoms with Crippen LogP contribution in [0.2, 0.25) is 0 Å². The van der Waals surface area contributed by atoms with Gasteiger partial charge in [0.15, 0.2) is 0 Å². The summed E-state index contributed by atoms with van der Waals surface area (Å²) < 4.78 is 5.54. The van der Waals surface area contributed by atoms with Gasteiger partial charge in [-0.1, -0.05) is 30.3 Å². The highest BCUT2D eigenvalue weighted by molar-refractivity contribution is 6.15. The molecule has 1 heterocycles. The zero-order chi connectivity index (χ0) is 16.9. The molecule has 118 valence electrons. The van der Waals surface area contributed by atoms with Crippen LogP contribution in [0.25, 0.3) is 10.8 Å². The smallest absolute Gasteiger partial charge is 0.300 e. The van der Waals surface area contributed by atoms with Gasteiger partial charge >= 0.3 is 0 Å². The third-order valence-electron chi connectivity index (χ3n) is 4.15. The molecule has 1 atom stereocenters. The molecule has 3 aromatic carbocycles. The third-order valence-corrected chi connectivity index (χ3v) is 4.15. The molecule has 0 fully saturated rings. The van der Waals surface area contributed by atoms with Crippen molar-refractivity contribution in [1.29, 1.82) is 0 Å². The van der Waals surface area contributed by atoms with Gasteiger partial charge in [0.25, 0.3) is 11.5 Å². The maximum atomic E-state index is 12.8. The van der Waals surface area contributed by atoms with E-state index in [1.165, 1.54) is 24.3 Å². The molecule has 0 bridgehead atoms. The van der Waals surface area contributed by atoms with Crippen molar-refractivity contribution < 1.29 is 19.6 Å². The van der Waals surface area contributed by atoms with E-state index in [0.29, 0.717) is 16.7 Å². The Labute approximate surface area is 136 Å². The Bertz CT molecular complexity index is 996. The normalized spacial score (nSPS) is 19.1. The lowest BCUT2D eigenvalue weighted by atomic mass is 9.95. The summed E-state index contributed by atoms with van der Waals surface area (Å²) in [5.74, 6) is -2.47. The van der Waals surface area contributed by atoms with Gasteiger partial charge in [0, 0.05) is 17.7 Å². The van der Waals surface area contributed by atoms with E-state index in [-0.39, 0.29) is 11.3 Å². The Morgan fingerprint density at radius 2 is 1.71 bits per heavy atom. The number of non-ortho nitro benzene ring substituents is 1. The van der Waals surface area contributed by atoms with Crippen LogP contribution in [0.4, 0.5) is 5.69 Å². The van der Waals surface area contributed by atoms with E-state index in [4.69, 9.17) is 4.74 Å². The number of rotatable bonds is 2. The highest BCUT2D eigenvalue weighted by Crippen LogP contribution is 2.43. The van der Waals surface area contributed by atoms with Gasteiger partial charge in [-0.2, -0.15) is 0 Å². The number of fused-ring (bicyclic) bond motifs is 3. The first-order valence-corrected chi connectivity index (χ1v) is 7.23. The number of aliphatic hydroxyl groups is 1. The number of benzene rings is 3. The van der Waals surface area contributed by atoms with Gasteiger partial charge in [0.2, 0.25) is 5.78 Å². The largest absolute Gasteiger partial charge is 0.450 e. The molecule has 6 nitrogen and oxygen atoms in total. The molecule has 24 heavy (non-hydrogen) atoms. The number of carbonyl (C=O) groups excluding carboxylic acids is 1. The number of hydrogen-bond acceptors (Lipinski definition) is 5. The summed E-state index contributed by atoms with van der Waals surface area (Å²) in [7, 11) is 0. The number of nitro benzene ring substituents is 1. The lowest BCUT2D eigenvalue weighted by Crippen LogP contribution is -2.36. The second kappa shape index (κ2) is 4.87. The van der Waals surface area contributed by atoms with Crippen molar-refractivity contribution in [2.75, 3.05) is 0 Å². The molecule has 1 aliphatic heterocycles. The van der Waals surface area contributed by atoms with Gasteiger partial charge in [0.05, 0.1) is 10.5 Å². The first-order chi connectivity index (χ1) is 11.5.